The Morgan fingerprint density at radius 1 is 0.909 bits per heavy atom. The molecular weight excluding hydrogens is 418 g/mol. The number of rotatable bonds is 5. The van der Waals surface area contributed by atoms with E-state index in [0.717, 1.165) is 60.0 Å². The van der Waals surface area contributed by atoms with Crippen molar-refractivity contribution >= 4 is 28.4 Å². The topological polar surface area (TPSA) is 72.7 Å². The Bertz CT molecular complexity index is 1280. The van der Waals surface area contributed by atoms with Crippen LogP contribution in [0.2, 0.25) is 0 Å². The maximum absolute atomic E-state index is 12.0. The number of para-hydroxylation sites is 1. The van der Waals surface area contributed by atoms with Crippen LogP contribution < -0.4 is 14.5 Å². The third-order valence-corrected chi connectivity index (χ3v) is 6.01. The minimum Gasteiger partial charge on any atom is -0.495 e. The van der Waals surface area contributed by atoms with Gasteiger partial charge in [0.2, 0.25) is 0 Å². The molecule has 1 aliphatic rings. The average molecular weight is 444 g/mol. The molecule has 1 aliphatic heterocycles. The van der Waals surface area contributed by atoms with Gasteiger partial charge in [-0.2, -0.15) is 5.10 Å². The Morgan fingerprint density at radius 3 is 2.33 bits per heavy atom. The van der Waals surface area contributed by atoms with Crippen LogP contribution in [0.4, 0.5) is 11.4 Å². The van der Waals surface area contributed by atoms with Gasteiger partial charge in [-0.3, -0.25) is 0 Å². The zero-order valence-corrected chi connectivity index (χ0v) is 18.6. The molecule has 4 aromatic rings. The summed E-state index contributed by atoms with van der Waals surface area (Å²) in [5, 5.41) is 5.63. The van der Waals surface area contributed by atoms with Crippen molar-refractivity contribution in [3.8, 4) is 11.4 Å². The molecule has 0 aliphatic carbocycles. The number of anilines is 2. The Morgan fingerprint density at radius 2 is 1.64 bits per heavy atom. The van der Waals surface area contributed by atoms with Crippen molar-refractivity contribution < 1.29 is 14.3 Å². The largest absolute Gasteiger partial charge is 0.495 e. The third kappa shape index (κ3) is 3.84. The number of nitrogens with zero attached hydrogens (tertiary/aromatic N) is 5. The van der Waals surface area contributed by atoms with Crippen LogP contribution in [0.25, 0.3) is 16.7 Å². The van der Waals surface area contributed by atoms with Gasteiger partial charge in [-0.25, -0.2) is 14.5 Å². The van der Waals surface area contributed by atoms with Crippen molar-refractivity contribution in [1.29, 1.82) is 0 Å². The van der Waals surface area contributed by atoms with E-state index < -0.39 is 0 Å². The number of aromatic nitrogens is 3. The molecule has 5 rings (SSSR count). The van der Waals surface area contributed by atoms with Crippen molar-refractivity contribution in [2.75, 3.05) is 50.2 Å². The fourth-order valence-corrected chi connectivity index (χ4v) is 4.32. The summed E-state index contributed by atoms with van der Waals surface area (Å²) in [4.78, 5) is 21.2. The highest BCUT2D eigenvalue weighted by Gasteiger charge is 2.23. The molecule has 0 bridgehead atoms. The second-order valence-electron chi connectivity index (χ2n) is 7.81. The van der Waals surface area contributed by atoms with E-state index in [0.29, 0.717) is 5.56 Å². The van der Waals surface area contributed by atoms with Crippen LogP contribution in [0.5, 0.6) is 5.75 Å². The van der Waals surface area contributed by atoms with Crippen molar-refractivity contribution in [1.82, 2.24) is 14.8 Å². The van der Waals surface area contributed by atoms with E-state index in [1.807, 2.05) is 65.6 Å². The van der Waals surface area contributed by atoms with Gasteiger partial charge in [0.1, 0.15) is 5.75 Å². The number of hydrogen-bond donors (Lipinski definition) is 0. The Hall–Kier alpha value is -4.07. The predicted molar refractivity (Wildman–Crippen MR) is 128 cm³/mol. The minimum absolute atomic E-state index is 0.354. The Kier molecular flexibility index (Phi) is 5.56. The van der Waals surface area contributed by atoms with Gasteiger partial charge in [-0.15, -0.1) is 0 Å². The molecule has 168 valence electrons. The summed E-state index contributed by atoms with van der Waals surface area (Å²) in [5.41, 5.74) is 4.36. The highest BCUT2D eigenvalue weighted by molar-refractivity contribution is 5.92. The van der Waals surface area contributed by atoms with Crippen LogP contribution in [-0.2, 0) is 4.74 Å². The molecule has 1 saturated heterocycles. The van der Waals surface area contributed by atoms with Crippen molar-refractivity contribution in [2.24, 2.45) is 0 Å². The lowest BCUT2D eigenvalue weighted by molar-refractivity contribution is 0.0600. The molecule has 8 heteroatoms. The Balaban J connectivity index is 1.39. The summed E-state index contributed by atoms with van der Waals surface area (Å²) in [7, 11) is 3.03. The van der Waals surface area contributed by atoms with E-state index in [-0.39, 0.29) is 5.97 Å². The molecule has 8 nitrogen and oxygen atoms in total. The molecule has 33 heavy (non-hydrogen) atoms. The number of methoxy groups -OCH3 is 2. The van der Waals surface area contributed by atoms with Crippen LogP contribution in [0.1, 0.15) is 10.4 Å². The van der Waals surface area contributed by atoms with E-state index >= 15 is 0 Å². The fraction of sp³-hybridized carbons (Fsp3) is 0.240. The van der Waals surface area contributed by atoms with E-state index in [1.54, 1.807) is 13.2 Å². The molecular formula is C25H25N5O3. The lowest BCUT2D eigenvalue weighted by Crippen LogP contribution is -2.46. The molecule has 0 N–H and O–H groups in total. The molecule has 0 spiro atoms. The number of pyridine rings is 1. The smallest absolute Gasteiger partial charge is 0.337 e. The molecule has 0 unspecified atom stereocenters. The first kappa shape index (κ1) is 20.8. The van der Waals surface area contributed by atoms with Crippen LogP contribution in [0.15, 0.2) is 67.0 Å². The number of carbonyl (C=O) groups is 1. The molecule has 3 heterocycles. The van der Waals surface area contributed by atoms with Crippen LogP contribution in [0.3, 0.4) is 0 Å². The minimum atomic E-state index is -0.354. The highest BCUT2D eigenvalue weighted by Crippen LogP contribution is 2.32. The monoisotopic (exact) mass is 443 g/mol. The number of piperazine rings is 1. The van der Waals surface area contributed by atoms with Gasteiger partial charge in [-0.05, 0) is 36.4 Å². The summed E-state index contributed by atoms with van der Waals surface area (Å²) in [6.45, 7) is 3.22. The molecule has 0 atom stereocenters. The van der Waals surface area contributed by atoms with E-state index in [2.05, 4.69) is 19.9 Å². The first-order valence-corrected chi connectivity index (χ1v) is 10.8. The second-order valence-corrected chi connectivity index (χ2v) is 7.81. The molecule has 2 aromatic carbocycles. The first-order chi connectivity index (χ1) is 16.2. The number of benzene rings is 2. The SMILES string of the molecule is COC(=O)c1ccc(OC)c(N2CCN(c3ccnc4c3cnn4-c3ccccc3)CC2)c1. The van der Waals surface area contributed by atoms with Gasteiger partial charge in [0.05, 0.1) is 48.4 Å². The maximum Gasteiger partial charge on any atom is 0.337 e. The zero-order valence-electron chi connectivity index (χ0n) is 18.6. The molecule has 2 aromatic heterocycles. The summed E-state index contributed by atoms with van der Waals surface area (Å²) in [6.07, 6.45) is 3.73. The lowest BCUT2D eigenvalue weighted by atomic mass is 10.1. The van der Waals surface area contributed by atoms with Gasteiger partial charge in [0.25, 0.3) is 0 Å². The fourth-order valence-electron chi connectivity index (χ4n) is 4.32. The number of carbonyl (C=O) groups excluding carboxylic acids is 1. The van der Waals surface area contributed by atoms with Gasteiger partial charge in [-0.1, -0.05) is 18.2 Å². The zero-order chi connectivity index (χ0) is 22.8. The van der Waals surface area contributed by atoms with Gasteiger partial charge in [0, 0.05) is 32.4 Å². The number of hydrogen-bond acceptors (Lipinski definition) is 7. The standard InChI is InChI=1S/C25H25N5O3/c1-32-23-9-8-18(25(31)33-2)16-22(23)29-14-12-28(13-15-29)21-10-11-26-24-20(21)17-27-30(24)19-6-4-3-5-7-19/h3-11,16-17H,12-15H2,1-2H3. The molecule has 0 amide bonds. The van der Waals surface area contributed by atoms with Crippen LogP contribution in [0, 0.1) is 0 Å². The van der Waals surface area contributed by atoms with Crippen LogP contribution in [-0.4, -0.2) is 61.1 Å². The normalized spacial score (nSPS) is 13.9. The number of fused-ring (bicyclic) bond motifs is 1. The lowest BCUT2D eigenvalue weighted by Gasteiger charge is -2.38. The summed E-state index contributed by atoms with van der Waals surface area (Å²) >= 11 is 0. The third-order valence-electron chi connectivity index (χ3n) is 6.01. The van der Waals surface area contributed by atoms with Crippen molar-refractivity contribution in [3.05, 3.63) is 72.6 Å². The molecule has 0 radical (unpaired) electrons. The number of esters is 1. The van der Waals surface area contributed by atoms with Gasteiger partial charge >= 0.3 is 5.97 Å². The molecule has 0 saturated carbocycles. The summed E-state index contributed by atoms with van der Waals surface area (Å²) in [5.74, 6) is 0.388. The van der Waals surface area contributed by atoms with E-state index in [4.69, 9.17) is 9.47 Å². The van der Waals surface area contributed by atoms with Crippen LogP contribution >= 0.6 is 0 Å². The Labute approximate surface area is 192 Å². The van der Waals surface area contributed by atoms with Gasteiger partial charge < -0.3 is 19.3 Å². The molecule has 1 fully saturated rings. The van der Waals surface area contributed by atoms with E-state index in [1.165, 1.54) is 7.11 Å². The second kappa shape index (κ2) is 8.82. The maximum atomic E-state index is 12.0. The van der Waals surface area contributed by atoms with Gasteiger partial charge in [0.15, 0.2) is 5.65 Å². The average Bonchev–Trinajstić information content (AvgIpc) is 3.33. The van der Waals surface area contributed by atoms with E-state index in [9.17, 15) is 4.79 Å². The first-order valence-electron chi connectivity index (χ1n) is 10.8. The predicted octanol–water partition coefficient (Wildman–Crippen LogP) is 3.54. The quantitative estimate of drug-likeness (QED) is 0.437. The highest BCUT2D eigenvalue weighted by atomic mass is 16.5. The van der Waals surface area contributed by atoms with Crippen molar-refractivity contribution in [2.45, 2.75) is 0 Å². The van der Waals surface area contributed by atoms with Crippen molar-refractivity contribution in [3.63, 3.8) is 0 Å². The summed E-state index contributed by atoms with van der Waals surface area (Å²) in [6, 6.07) is 17.5. The summed E-state index contributed by atoms with van der Waals surface area (Å²) < 4.78 is 12.3. The number of ether oxygens (including phenoxy) is 2.